The van der Waals surface area contributed by atoms with Crippen molar-refractivity contribution in [3.8, 4) is 6.07 Å². The van der Waals surface area contributed by atoms with Crippen molar-refractivity contribution >= 4 is 10.0 Å². The molecule has 0 spiro atoms. The van der Waals surface area contributed by atoms with Crippen LogP contribution in [-0.2, 0) is 10.0 Å². The van der Waals surface area contributed by atoms with Crippen LogP contribution in [0.1, 0.15) is 19.8 Å². The standard InChI is InChI=1S/C10H17N3O2S/c1-9(8-11)16(14,15)13-7-4-10-2-5-12-6-3-10/h2,9,12-13H,3-7H2,1H3. The minimum Gasteiger partial charge on any atom is -0.313 e. The van der Waals surface area contributed by atoms with Gasteiger partial charge in [0.2, 0.25) is 10.0 Å². The maximum absolute atomic E-state index is 11.4. The van der Waals surface area contributed by atoms with E-state index >= 15 is 0 Å². The van der Waals surface area contributed by atoms with E-state index in [0.29, 0.717) is 6.54 Å². The molecule has 0 bridgehead atoms. The van der Waals surface area contributed by atoms with E-state index < -0.39 is 15.3 Å². The summed E-state index contributed by atoms with van der Waals surface area (Å²) in [6, 6.07) is 1.72. The zero-order chi connectivity index (χ0) is 12.0. The Morgan fingerprint density at radius 2 is 2.44 bits per heavy atom. The van der Waals surface area contributed by atoms with Crippen LogP contribution < -0.4 is 10.0 Å². The highest BCUT2D eigenvalue weighted by Gasteiger charge is 2.19. The summed E-state index contributed by atoms with van der Waals surface area (Å²) in [5.41, 5.74) is 1.27. The Kier molecular flexibility index (Phi) is 4.93. The Hall–Kier alpha value is -0.900. The summed E-state index contributed by atoms with van der Waals surface area (Å²) in [6.45, 7) is 3.57. The summed E-state index contributed by atoms with van der Waals surface area (Å²) in [5, 5.41) is 10.7. The van der Waals surface area contributed by atoms with Gasteiger partial charge in [0.05, 0.1) is 6.07 Å². The average molecular weight is 243 g/mol. The third-order valence-corrected chi connectivity index (χ3v) is 4.20. The second-order valence-corrected chi connectivity index (χ2v) is 5.86. The Morgan fingerprint density at radius 1 is 1.69 bits per heavy atom. The highest BCUT2D eigenvalue weighted by atomic mass is 32.2. The van der Waals surface area contributed by atoms with Crippen LogP contribution in [0.2, 0.25) is 0 Å². The van der Waals surface area contributed by atoms with Crippen LogP contribution in [0.5, 0.6) is 0 Å². The summed E-state index contributed by atoms with van der Waals surface area (Å²) >= 11 is 0. The summed E-state index contributed by atoms with van der Waals surface area (Å²) in [6.07, 6.45) is 3.78. The van der Waals surface area contributed by atoms with E-state index in [2.05, 4.69) is 16.1 Å². The maximum Gasteiger partial charge on any atom is 0.227 e. The molecule has 2 N–H and O–H groups in total. The normalized spacial score (nSPS) is 18.6. The molecular formula is C10H17N3O2S. The van der Waals surface area contributed by atoms with Crippen LogP contribution in [0.4, 0.5) is 0 Å². The summed E-state index contributed by atoms with van der Waals surface area (Å²) in [5.74, 6) is 0. The van der Waals surface area contributed by atoms with Gasteiger partial charge in [0.25, 0.3) is 0 Å². The number of rotatable bonds is 5. The lowest BCUT2D eigenvalue weighted by atomic mass is 10.1. The minimum absolute atomic E-state index is 0.375. The molecule has 0 aromatic heterocycles. The number of sulfonamides is 1. The predicted octanol–water partition coefficient (Wildman–Crippen LogP) is 0.128. The zero-order valence-electron chi connectivity index (χ0n) is 9.36. The van der Waals surface area contributed by atoms with Crippen molar-refractivity contribution in [1.29, 1.82) is 5.26 Å². The van der Waals surface area contributed by atoms with E-state index in [4.69, 9.17) is 5.26 Å². The van der Waals surface area contributed by atoms with Crippen LogP contribution in [0, 0.1) is 11.3 Å². The molecule has 0 aliphatic carbocycles. The Morgan fingerprint density at radius 3 is 3.00 bits per heavy atom. The van der Waals surface area contributed by atoms with Crippen molar-refractivity contribution in [2.45, 2.75) is 25.0 Å². The molecule has 0 fully saturated rings. The molecule has 1 heterocycles. The smallest absolute Gasteiger partial charge is 0.227 e. The number of nitrogens with one attached hydrogen (secondary N) is 2. The fourth-order valence-electron chi connectivity index (χ4n) is 1.44. The second kappa shape index (κ2) is 5.99. The van der Waals surface area contributed by atoms with Crippen LogP contribution in [-0.4, -0.2) is 33.3 Å². The molecule has 0 saturated heterocycles. The lowest BCUT2D eigenvalue weighted by molar-refractivity contribution is 0.575. The molecule has 6 heteroatoms. The van der Waals surface area contributed by atoms with Gasteiger partial charge in [-0.2, -0.15) is 5.26 Å². The number of hydrogen-bond acceptors (Lipinski definition) is 4. The van der Waals surface area contributed by atoms with Gasteiger partial charge in [0, 0.05) is 13.1 Å². The van der Waals surface area contributed by atoms with Gasteiger partial charge in [0.1, 0.15) is 0 Å². The molecule has 1 atom stereocenters. The van der Waals surface area contributed by atoms with E-state index in [9.17, 15) is 8.42 Å². The molecule has 1 unspecified atom stereocenters. The van der Waals surface area contributed by atoms with Gasteiger partial charge in [-0.25, -0.2) is 13.1 Å². The molecule has 0 aromatic rings. The third kappa shape index (κ3) is 3.93. The van der Waals surface area contributed by atoms with Crippen LogP contribution in [0.15, 0.2) is 11.6 Å². The lowest BCUT2D eigenvalue weighted by Crippen LogP contribution is -2.33. The quantitative estimate of drug-likeness (QED) is 0.672. The monoisotopic (exact) mass is 243 g/mol. The number of nitrogens with zero attached hydrogens (tertiary/aromatic N) is 1. The summed E-state index contributed by atoms with van der Waals surface area (Å²) in [7, 11) is -3.47. The topological polar surface area (TPSA) is 82.0 Å². The Bertz CT molecular complexity index is 395. The molecule has 1 rings (SSSR count). The number of hydrogen-bond donors (Lipinski definition) is 2. The van der Waals surface area contributed by atoms with Crippen molar-refractivity contribution in [2.75, 3.05) is 19.6 Å². The van der Waals surface area contributed by atoms with E-state index in [1.807, 2.05) is 0 Å². The van der Waals surface area contributed by atoms with E-state index in [1.54, 1.807) is 6.07 Å². The molecule has 0 radical (unpaired) electrons. The zero-order valence-corrected chi connectivity index (χ0v) is 10.2. The first-order valence-corrected chi connectivity index (χ1v) is 6.87. The van der Waals surface area contributed by atoms with Gasteiger partial charge in [-0.3, -0.25) is 0 Å². The predicted molar refractivity (Wildman–Crippen MR) is 62.2 cm³/mol. The van der Waals surface area contributed by atoms with Crippen LogP contribution >= 0.6 is 0 Å². The third-order valence-electron chi connectivity index (χ3n) is 2.55. The minimum atomic E-state index is -3.47. The summed E-state index contributed by atoms with van der Waals surface area (Å²) < 4.78 is 25.3. The molecule has 5 nitrogen and oxygen atoms in total. The molecule has 0 aromatic carbocycles. The summed E-state index contributed by atoms with van der Waals surface area (Å²) in [4.78, 5) is 0. The van der Waals surface area contributed by atoms with Crippen LogP contribution in [0.3, 0.4) is 0 Å². The first-order chi connectivity index (χ1) is 7.56. The highest BCUT2D eigenvalue weighted by Crippen LogP contribution is 2.08. The molecular weight excluding hydrogens is 226 g/mol. The van der Waals surface area contributed by atoms with E-state index in [0.717, 1.165) is 25.9 Å². The van der Waals surface area contributed by atoms with Gasteiger partial charge in [-0.15, -0.1) is 0 Å². The molecule has 1 aliphatic heterocycles. The van der Waals surface area contributed by atoms with Crippen molar-refractivity contribution in [3.63, 3.8) is 0 Å². The van der Waals surface area contributed by atoms with E-state index in [1.165, 1.54) is 12.5 Å². The van der Waals surface area contributed by atoms with Gasteiger partial charge in [-0.05, 0) is 26.3 Å². The van der Waals surface area contributed by atoms with Crippen molar-refractivity contribution in [1.82, 2.24) is 10.0 Å². The Labute approximate surface area is 96.6 Å². The van der Waals surface area contributed by atoms with Gasteiger partial charge < -0.3 is 5.32 Å². The fraction of sp³-hybridized carbons (Fsp3) is 0.700. The van der Waals surface area contributed by atoms with E-state index in [-0.39, 0.29) is 0 Å². The molecule has 90 valence electrons. The fourth-order valence-corrected chi connectivity index (χ4v) is 2.22. The van der Waals surface area contributed by atoms with Gasteiger partial charge in [0.15, 0.2) is 5.25 Å². The van der Waals surface area contributed by atoms with Crippen molar-refractivity contribution in [2.24, 2.45) is 0 Å². The molecule has 0 saturated carbocycles. The first kappa shape index (κ1) is 13.2. The average Bonchev–Trinajstić information content (AvgIpc) is 2.29. The SMILES string of the molecule is CC(C#N)S(=O)(=O)NCCC1=CCNCC1. The molecule has 0 amide bonds. The number of nitriles is 1. The van der Waals surface area contributed by atoms with Gasteiger partial charge >= 0.3 is 0 Å². The molecule has 16 heavy (non-hydrogen) atoms. The van der Waals surface area contributed by atoms with Crippen LogP contribution in [0.25, 0.3) is 0 Å². The first-order valence-electron chi connectivity index (χ1n) is 5.33. The molecule has 1 aliphatic rings. The largest absolute Gasteiger partial charge is 0.313 e. The Balaban J connectivity index is 2.36. The maximum atomic E-state index is 11.4. The highest BCUT2D eigenvalue weighted by molar-refractivity contribution is 7.90. The van der Waals surface area contributed by atoms with Crippen molar-refractivity contribution in [3.05, 3.63) is 11.6 Å². The van der Waals surface area contributed by atoms with Crippen molar-refractivity contribution < 1.29 is 8.42 Å². The second-order valence-electron chi connectivity index (χ2n) is 3.78. The van der Waals surface area contributed by atoms with Gasteiger partial charge in [-0.1, -0.05) is 11.6 Å². The lowest BCUT2D eigenvalue weighted by Gasteiger charge is -2.14.